The van der Waals surface area contributed by atoms with E-state index >= 15 is 0 Å². The van der Waals surface area contributed by atoms with Gasteiger partial charge in [0.15, 0.2) is 0 Å². The molecule has 142 valence electrons. The van der Waals surface area contributed by atoms with E-state index in [9.17, 15) is 4.79 Å². The molecular formula is C22H22N4OS. The topological polar surface area (TPSA) is 59.0 Å². The number of rotatable bonds is 7. The number of aromatic nitrogens is 2. The van der Waals surface area contributed by atoms with E-state index in [4.69, 9.17) is 0 Å². The Balaban J connectivity index is 1.38. The quantitative estimate of drug-likeness (QED) is 0.491. The van der Waals surface area contributed by atoms with Crippen LogP contribution in [0.15, 0.2) is 72.2 Å². The van der Waals surface area contributed by atoms with Crippen LogP contribution in [-0.2, 0) is 11.3 Å². The number of nitrogens with one attached hydrogen (secondary N) is 2. The summed E-state index contributed by atoms with van der Waals surface area (Å²) in [6, 6.07) is 20.5. The first-order chi connectivity index (χ1) is 13.7. The van der Waals surface area contributed by atoms with Crippen LogP contribution >= 0.6 is 11.3 Å². The highest BCUT2D eigenvalue weighted by Gasteiger charge is 2.12. The van der Waals surface area contributed by atoms with Crippen molar-refractivity contribution in [3.63, 3.8) is 0 Å². The first-order valence-corrected chi connectivity index (χ1v) is 10.1. The van der Waals surface area contributed by atoms with E-state index in [1.807, 2.05) is 29.6 Å². The SMILES string of the molecule is CC(NCC(=O)Nc1ccnn1Cc1cccs1)c1cccc2ccccc12. The van der Waals surface area contributed by atoms with Crippen LogP contribution < -0.4 is 10.6 Å². The van der Waals surface area contributed by atoms with E-state index in [2.05, 4.69) is 59.1 Å². The summed E-state index contributed by atoms with van der Waals surface area (Å²) in [6.45, 7) is 2.96. The number of thiophene rings is 1. The predicted molar refractivity (Wildman–Crippen MR) is 115 cm³/mol. The largest absolute Gasteiger partial charge is 0.310 e. The van der Waals surface area contributed by atoms with Crippen LogP contribution in [0.5, 0.6) is 0 Å². The summed E-state index contributed by atoms with van der Waals surface area (Å²) in [5, 5.41) is 15.0. The van der Waals surface area contributed by atoms with Crippen molar-refractivity contribution in [2.24, 2.45) is 0 Å². The van der Waals surface area contributed by atoms with Crippen molar-refractivity contribution in [3.05, 3.63) is 82.7 Å². The molecule has 5 nitrogen and oxygen atoms in total. The van der Waals surface area contributed by atoms with Crippen LogP contribution in [0.1, 0.15) is 23.4 Å². The summed E-state index contributed by atoms with van der Waals surface area (Å²) in [6.07, 6.45) is 1.70. The molecule has 1 unspecified atom stereocenters. The van der Waals surface area contributed by atoms with Crippen LogP contribution in [-0.4, -0.2) is 22.2 Å². The normalized spacial score (nSPS) is 12.2. The van der Waals surface area contributed by atoms with Crippen molar-refractivity contribution in [1.29, 1.82) is 0 Å². The summed E-state index contributed by atoms with van der Waals surface area (Å²) >= 11 is 1.68. The van der Waals surface area contributed by atoms with Crippen molar-refractivity contribution in [1.82, 2.24) is 15.1 Å². The minimum absolute atomic E-state index is 0.0629. The summed E-state index contributed by atoms with van der Waals surface area (Å²) in [5.74, 6) is 0.623. The van der Waals surface area contributed by atoms with Crippen LogP contribution in [0, 0.1) is 0 Å². The number of hydrogen-bond acceptors (Lipinski definition) is 4. The lowest BCUT2D eigenvalue weighted by molar-refractivity contribution is -0.115. The average molecular weight is 391 g/mol. The highest BCUT2D eigenvalue weighted by atomic mass is 32.1. The van der Waals surface area contributed by atoms with Gasteiger partial charge in [-0.05, 0) is 34.7 Å². The van der Waals surface area contributed by atoms with Gasteiger partial charge in [-0.2, -0.15) is 5.10 Å². The van der Waals surface area contributed by atoms with E-state index in [1.54, 1.807) is 22.2 Å². The molecule has 2 N–H and O–H groups in total. The molecule has 4 aromatic rings. The summed E-state index contributed by atoms with van der Waals surface area (Å²) in [5.41, 5.74) is 1.19. The van der Waals surface area contributed by atoms with Crippen LogP contribution in [0.4, 0.5) is 5.82 Å². The number of amides is 1. The molecule has 0 bridgehead atoms. The summed E-state index contributed by atoms with van der Waals surface area (Å²) in [4.78, 5) is 13.6. The van der Waals surface area contributed by atoms with Crippen molar-refractivity contribution < 1.29 is 4.79 Å². The third kappa shape index (κ3) is 4.13. The first kappa shape index (κ1) is 18.4. The van der Waals surface area contributed by atoms with Crippen molar-refractivity contribution in [3.8, 4) is 0 Å². The Morgan fingerprint density at radius 2 is 1.96 bits per heavy atom. The molecule has 0 aliphatic rings. The number of carbonyl (C=O) groups is 1. The van der Waals surface area contributed by atoms with E-state index in [0.29, 0.717) is 12.4 Å². The fourth-order valence-electron chi connectivity index (χ4n) is 3.29. The van der Waals surface area contributed by atoms with Gasteiger partial charge in [0.1, 0.15) is 5.82 Å². The van der Waals surface area contributed by atoms with Gasteiger partial charge in [0.05, 0.1) is 19.3 Å². The van der Waals surface area contributed by atoms with E-state index in [0.717, 1.165) is 0 Å². The molecule has 0 aliphatic carbocycles. The first-order valence-electron chi connectivity index (χ1n) is 9.26. The second-order valence-corrected chi connectivity index (χ2v) is 7.70. The Bertz CT molecular complexity index is 1070. The molecule has 28 heavy (non-hydrogen) atoms. The van der Waals surface area contributed by atoms with E-state index in [1.165, 1.54) is 21.2 Å². The maximum Gasteiger partial charge on any atom is 0.239 e. The second-order valence-electron chi connectivity index (χ2n) is 6.67. The van der Waals surface area contributed by atoms with Crippen molar-refractivity contribution >= 4 is 33.8 Å². The van der Waals surface area contributed by atoms with Crippen LogP contribution in [0.25, 0.3) is 10.8 Å². The molecular weight excluding hydrogens is 368 g/mol. The lowest BCUT2D eigenvalue weighted by atomic mass is 10.00. The molecule has 1 amide bonds. The Morgan fingerprint density at radius 1 is 1.11 bits per heavy atom. The van der Waals surface area contributed by atoms with E-state index in [-0.39, 0.29) is 18.5 Å². The molecule has 2 heterocycles. The summed E-state index contributed by atoms with van der Waals surface area (Å²) in [7, 11) is 0. The fraction of sp³-hybridized carbons (Fsp3) is 0.182. The highest BCUT2D eigenvalue weighted by Crippen LogP contribution is 2.24. The Kier molecular flexibility index (Phi) is 5.50. The van der Waals surface area contributed by atoms with Crippen LogP contribution in [0.3, 0.4) is 0 Å². The van der Waals surface area contributed by atoms with Gasteiger partial charge in [-0.15, -0.1) is 11.3 Å². The number of carbonyl (C=O) groups excluding carboxylic acids is 1. The monoisotopic (exact) mass is 390 g/mol. The zero-order valence-electron chi connectivity index (χ0n) is 15.6. The molecule has 2 aromatic carbocycles. The lowest BCUT2D eigenvalue weighted by Crippen LogP contribution is -2.30. The third-order valence-electron chi connectivity index (χ3n) is 4.73. The lowest BCUT2D eigenvalue weighted by Gasteiger charge is -2.16. The molecule has 0 fully saturated rings. The number of fused-ring (bicyclic) bond motifs is 1. The maximum absolute atomic E-state index is 12.5. The summed E-state index contributed by atoms with van der Waals surface area (Å²) < 4.78 is 1.80. The van der Waals surface area contributed by atoms with Gasteiger partial charge in [-0.25, -0.2) is 4.68 Å². The molecule has 0 radical (unpaired) electrons. The maximum atomic E-state index is 12.5. The smallest absolute Gasteiger partial charge is 0.239 e. The highest BCUT2D eigenvalue weighted by molar-refractivity contribution is 7.09. The molecule has 0 spiro atoms. The average Bonchev–Trinajstić information content (AvgIpc) is 3.38. The molecule has 0 saturated carbocycles. The number of hydrogen-bond donors (Lipinski definition) is 2. The number of anilines is 1. The van der Waals surface area contributed by atoms with Gasteiger partial charge in [0, 0.05) is 17.0 Å². The predicted octanol–water partition coefficient (Wildman–Crippen LogP) is 4.44. The Labute approximate surface area is 168 Å². The number of nitrogens with zero attached hydrogens (tertiary/aromatic N) is 2. The fourth-order valence-corrected chi connectivity index (χ4v) is 3.97. The van der Waals surface area contributed by atoms with Crippen molar-refractivity contribution in [2.45, 2.75) is 19.5 Å². The Hall–Kier alpha value is -2.96. The van der Waals surface area contributed by atoms with Gasteiger partial charge in [0.25, 0.3) is 0 Å². The van der Waals surface area contributed by atoms with Gasteiger partial charge in [-0.1, -0.05) is 48.5 Å². The van der Waals surface area contributed by atoms with Gasteiger partial charge in [-0.3, -0.25) is 4.79 Å². The zero-order chi connectivity index (χ0) is 19.3. The zero-order valence-corrected chi connectivity index (χ0v) is 16.4. The molecule has 4 rings (SSSR count). The van der Waals surface area contributed by atoms with Gasteiger partial charge in [0.2, 0.25) is 5.91 Å². The number of benzene rings is 2. The molecule has 6 heteroatoms. The van der Waals surface area contributed by atoms with Gasteiger partial charge < -0.3 is 10.6 Å². The molecule has 0 aliphatic heterocycles. The second kappa shape index (κ2) is 8.37. The van der Waals surface area contributed by atoms with Crippen molar-refractivity contribution in [2.75, 3.05) is 11.9 Å². The molecule has 1 atom stereocenters. The molecule has 2 aromatic heterocycles. The van der Waals surface area contributed by atoms with E-state index < -0.39 is 0 Å². The standard InChI is InChI=1S/C22H22N4OS/c1-16(19-10-4-7-17-6-2-3-9-20(17)19)23-14-22(27)25-21-11-12-24-26(21)15-18-8-5-13-28-18/h2-13,16,23H,14-15H2,1H3,(H,25,27). The molecule has 0 saturated heterocycles. The van der Waals surface area contributed by atoms with Crippen LogP contribution in [0.2, 0.25) is 0 Å². The Morgan fingerprint density at radius 3 is 2.82 bits per heavy atom. The van der Waals surface area contributed by atoms with Gasteiger partial charge >= 0.3 is 0 Å². The minimum atomic E-state index is -0.0833. The third-order valence-corrected chi connectivity index (χ3v) is 5.59. The minimum Gasteiger partial charge on any atom is -0.310 e.